The maximum absolute atomic E-state index is 10.8. The van der Waals surface area contributed by atoms with E-state index in [0.717, 1.165) is 23.7 Å². The van der Waals surface area contributed by atoms with Gasteiger partial charge in [-0.25, -0.2) is 9.97 Å². The van der Waals surface area contributed by atoms with E-state index in [0.29, 0.717) is 11.3 Å². The minimum Gasteiger partial charge on any atom is -0.355 e. The fourth-order valence-corrected chi connectivity index (χ4v) is 3.36. The fourth-order valence-electron chi connectivity index (χ4n) is 2.45. The third kappa shape index (κ3) is 9.63. The number of carbonyl (C=O) groups is 2. The van der Waals surface area contributed by atoms with Crippen molar-refractivity contribution in [2.45, 2.75) is 6.42 Å². The Balaban J connectivity index is 0.000000171. The van der Waals surface area contributed by atoms with Crippen molar-refractivity contribution >= 4 is 35.2 Å². The predicted molar refractivity (Wildman–Crippen MR) is 127 cm³/mol. The number of rotatable bonds is 2. The predicted octanol–water partition coefficient (Wildman–Crippen LogP) is 4.08. The molecule has 1 aliphatic rings. The van der Waals surface area contributed by atoms with Crippen molar-refractivity contribution in [2.24, 2.45) is 0 Å². The summed E-state index contributed by atoms with van der Waals surface area (Å²) in [5, 5.41) is 6.02. The number of hydrogen-bond acceptors (Lipinski definition) is 5. The Hall–Kier alpha value is -2.90. The first-order chi connectivity index (χ1) is 15.1. The molecule has 1 fully saturated rings. The number of halogens is 1. The summed E-state index contributed by atoms with van der Waals surface area (Å²) in [4.78, 5) is 28.7. The monoisotopic (exact) mass is 456 g/mol. The van der Waals surface area contributed by atoms with E-state index in [2.05, 4.69) is 32.7 Å². The SMILES string of the molecule is CNC(=O)c1cncnc1.Clc1ccc(-c2ccccc2)cc1.O=C1CSCCCN1. The molecule has 0 spiro atoms. The smallest absolute Gasteiger partial charge is 0.254 e. The second-order valence-corrected chi connectivity index (χ2v) is 7.88. The van der Waals surface area contributed by atoms with Crippen molar-refractivity contribution in [3.05, 3.63) is 83.9 Å². The Morgan fingerprint density at radius 2 is 1.68 bits per heavy atom. The van der Waals surface area contributed by atoms with E-state index in [1.807, 2.05) is 42.5 Å². The van der Waals surface area contributed by atoms with Crippen molar-refractivity contribution in [3.63, 3.8) is 0 Å². The molecule has 0 atom stereocenters. The van der Waals surface area contributed by atoms with Crippen LogP contribution in [0.5, 0.6) is 0 Å². The average Bonchev–Trinajstić information content (AvgIpc) is 3.08. The summed E-state index contributed by atoms with van der Waals surface area (Å²) in [5.74, 6) is 1.80. The van der Waals surface area contributed by atoms with Crippen LogP contribution >= 0.6 is 23.4 Å². The summed E-state index contributed by atoms with van der Waals surface area (Å²) < 4.78 is 0. The number of nitrogens with zero attached hydrogens (tertiary/aromatic N) is 2. The Morgan fingerprint density at radius 1 is 1.03 bits per heavy atom. The van der Waals surface area contributed by atoms with E-state index < -0.39 is 0 Å². The lowest BCUT2D eigenvalue weighted by atomic mass is 10.1. The van der Waals surface area contributed by atoms with Crippen LogP contribution in [0.15, 0.2) is 73.3 Å². The molecule has 1 saturated heterocycles. The van der Waals surface area contributed by atoms with Gasteiger partial charge in [0, 0.05) is 31.0 Å². The zero-order valence-electron chi connectivity index (χ0n) is 17.3. The number of aromatic nitrogens is 2. The Bertz CT molecular complexity index is 915. The highest BCUT2D eigenvalue weighted by molar-refractivity contribution is 7.99. The molecule has 1 aliphatic heterocycles. The Kier molecular flexibility index (Phi) is 11.1. The highest BCUT2D eigenvalue weighted by Gasteiger charge is 2.03. The van der Waals surface area contributed by atoms with Gasteiger partial charge in [0.1, 0.15) is 6.33 Å². The van der Waals surface area contributed by atoms with Crippen LogP contribution < -0.4 is 10.6 Å². The number of thioether (sulfide) groups is 1. The van der Waals surface area contributed by atoms with Crippen molar-refractivity contribution in [2.75, 3.05) is 25.1 Å². The lowest BCUT2D eigenvalue weighted by Crippen LogP contribution is -2.23. The summed E-state index contributed by atoms with van der Waals surface area (Å²) in [5.41, 5.74) is 2.90. The van der Waals surface area contributed by atoms with Crippen LogP contribution in [0.3, 0.4) is 0 Å². The Morgan fingerprint density at radius 3 is 2.32 bits per heavy atom. The van der Waals surface area contributed by atoms with E-state index in [4.69, 9.17) is 11.6 Å². The molecule has 1 aromatic heterocycles. The molecule has 8 heteroatoms. The maximum Gasteiger partial charge on any atom is 0.254 e. The molecule has 0 saturated carbocycles. The van der Waals surface area contributed by atoms with Gasteiger partial charge in [-0.1, -0.05) is 54.1 Å². The molecule has 2 aromatic carbocycles. The lowest BCUT2D eigenvalue weighted by Gasteiger charge is -2.00. The van der Waals surface area contributed by atoms with E-state index >= 15 is 0 Å². The molecule has 3 aromatic rings. The van der Waals surface area contributed by atoms with Crippen molar-refractivity contribution in [1.82, 2.24) is 20.6 Å². The van der Waals surface area contributed by atoms with Gasteiger partial charge in [-0.05, 0) is 35.4 Å². The van der Waals surface area contributed by atoms with Gasteiger partial charge in [0.15, 0.2) is 0 Å². The summed E-state index contributed by atoms with van der Waals surface area (Å²) >= 11 is 7.51. The largest absolute Gasteiger partial charge is 0.355 e. The standard InChI is InChI=1S/C12H9Cl.C6H7N3O.C5H9NOS/c13-12-8-6-11(7-9-12)10-4-2-1-3-5-10;1-7-6(10)5-2-8-4-9-3-5;7-5-4-8-3-1-2-6-5/h1-9H;2-4H,1H3,(H,7,10);1-4H2,(H,6,7). The number of hydrogen-bond donors (Lipinski definition) is 2. The molecular formula is C23H25ClN4O2S. The summed E-state index contributed by atoms with van der Waals surface area (Å²) in [6.07, 6.45) is 5.43. The van der Waals surface area contributed by atoms with Gasteiger partial charge in [-0.3, -0.25) is 9.59 Å². The van der Waals surface area contributed by atoms with Crippen LogP contribution in [0.25, 0.3) is 11.1 Å². The number of benzene rings is 2. The van der Waals surface area contributed by atoms with Gasteiger partial charge < -0.3 is 10.6 Å². The van der Waals surface area contributed by atoms with Crippen LogP contribution in [0.1, 0.15) is 16.8 Å². The van der Waals surface area contributed by atoms with Crippen LogP contribution in [0.4, 0.5) is 0 Å². The molecule has 4 rings (SSSR count). The molecule has 31 heavy (non-hydrogen) atoms. The molecule has 0 unspecified atom stereocenters. The molecule has 2 amide bonds. The fraction of sp³-hybridized carbons (Fsp3) is 0.217. The average molecular weight is 457 g/mol. The van der Waals surface area contributed by atoms with Gasteiger partial charge in [-0.15, -0.1) is 0 Å². The summed E-state index contributed by atoms with van der Waals surface area (Å²) in [6.45, 7) is 0.867. The van der Waals surface area contributed by atoms with Crippen LogP contribution in [0.2, 0.25) is 5.02 Å². The zero-order valence-corrected chi connectivity index (χ0v) is 18.8. The van der Waals surface area contributed by atoms with E-state index in [1.54, 1.807) is 18.8 Å². The highest BCUT2D eigenvalue weighted by atomic mass is 35.5. The summed E-state index contributed by atoms with van der Waals surface area (Å²) in [6, 6.07) is 18.1. The molecule has 0 radical (unpaired) electrons. The van der Waals surface area contributed by atoms with Gasteiger partial charge in [0.25, 0.3) is 5.91 Å². The lowest BCUT2D eigenvalue weighted by molar-refractivity contribution is -0.118. The minimum atomic E-state index is -0.166. The maximum atomic E-state index is 10.8. The molecule has 162 valence electrons. The van der Waals surface area contributed by atoms with E-state index in [1.165, 1.54) is 29.8 Å². The second kappa shape index (κ2) is 14.2. The second-order valence-electron chi connectivity index (χ2n) is 6.34. The van der Waals surface area contributed by atoms with Crippen LogP contribution in [-0.4, -0.2) is 46.9 Å². The number of amides is 2. The molecule has 6 nitrogen and oxygen atoms in total. The molecule has 0 bridgehead atoms. The van der Waals surface area contributed by atoms with Gasteiger partial charge in [0.05, 0.1) is 11.3 Å². The highest BCUT2D eigenvalue weighted by Crippen LogP contribution is 2.20. The van der Waals surface area contributed by atoms with Crippen molar-refractivity contribution in [3.8, 4) is 11.1 Å². The normalized spacial score (nSPS) is 12.6. The first-order valence-electron chi connectivity index (χ1n) is 9.72. The van der Waals surface area contributed by atoms with Gasteiger partial charge in [0.2, 0.25) is 5.91 Å². The molecule has 2 heterocycles. The van der Waals surface area contributed by atoms with Gasteiger partial charge in [-0.2, -0.15) is 11.8 Å². The van der Waals surface area contributed by atoms with Crippen LogP contribution in [0, 0.1) is 0 Å². The summed E-state index contributed by atoms with van der Waals surface area (Å²) in [7, 11) is 1.56. The third-order valence-corrected chi connectivity index (χ3v) is 5.32. The minimum absolute atomic E-state index is 0.166. The first kappa shape index (κ1) is 24.4. The quantitative estimate of drug-likeness (QED) is 0.607. The van der Waals surface area contributed by atoms with Crippen molar-refractivity contribution in [1.29, 1.82) is 0 Å². The number of carbonyl (C=O) groups excluding carboxylic acids is 2. The first-order valence-corrected chi connectivity index (χ1v) is 11.3. The molecule has 0 aliphatic carbocycles. The third-order valence-electron chi connectivity index (χ3n) is 4.02. The van der Waals surface area contributed by atoms with E-state index in [-0.39, 0.29) is 11.8 Å². The number of nitrogens with one attached hydrogen (secondary N) is 2. The van der Waals surface area contributed by atoms with E-state index in [9.17, 15) is 9.59 Å². The zero-order chi connectivity index (χ0) is 22.3. The van der Waals surface area contributed by atoms with Gasteiger partial charge >= 0.3 is 0 Å². The van der Waals surface area contributed by atoms with Crippen molar-refractivity contribution < 1.29 is 9.59 Å². The topological polar surface area (TPSA) is 84.0 Å². The molecular weight excluding hydrogens is 432 g/mol. The van der Waals surface area contributed by atoms with Crippen LogP contribution in [-0.2, 0) is 4.79 Å². The molecule has 2 N–H and O–H groups in total. The Labute approximate surface area is 191 Å².